The molecule has 3 aromatic rings. The summed E-state index contributed by atoms with van der Waals surface area (Å²) in [4.78, 5) is 45.6. The number of benzene rings is 3. The highest BCUT2D eigenvalue weighted by molar-refractivity contribution is 5.91. The Morgan fingerprint density at radius 1 is 0.772 bits per heavy atom. The maximum absolute atomic E-state index is 13.5. The number of hydrogen-bond acceptors (Lipinski definition) is 9. The zero-order valence-electron chi connectivity index (χ0n) is 33.9. The van der Waals surface area contributed by atoms with Crippen molar-refractivity contribution in [2.45, 2.75) is 88.9 Å². The Kier molecular flexibility index (Phi) is 18.1. The number of phenolic OH excluding ortho intramolecular Hbond substituents is 1. The molecule has 0 bridgehead atoms. The van der Waals surface area contributed by atoms with Crippen LogP contribution in [0.5, 0.6) is 5.75 Å². The van der Waals surface area contributed by atoms with Gasteiger partial charge in [-0.15, -0.1) is 0 Å². The van der Waals surface area contributed by atoms with Gasteiger partial charge in [-0.3, -0.25) is 19.8 Å². The first kappa shape index (κ1) is 43.6. The third kappa shape index (κ3) is 14.4. The molecule has 3 N–H and O–H groups in total. The van der Waals surface area contributed by atoms with Crippen LogP contribution in [0.2, 0.25) is 0 Å². The molecule has 3 amide bonds. The van der Waals surface area contributed by atoms with Crippen molar-refractivity contribution in [2.24, 2.45) is 0 Å². The van der Waals surface area contributed by atoms with E-state index in [4.69, 9.17) is 14.2 Å². The minimum atomic E-state index is -0.450. The molecule has 0 unspecified atom stereocenters. The molecule has 2 fully saturated rings. The number of nitrogens with one attached hydrogen (secondary N) is 2. The molecule has 5 rings (SSSR count). The highest BCUT2D eigenvalue weighted by Gasteiger charge is 2.33. The number of amides is 3. The van der Waals surface area contributed by atoms with Gasteiger partial charge in [-0.05, 0) is 87.2 Å². The molecule has 0 aromatic heterocycles. The summed E-state index contributed by atoms with van der Waals surface area (Å²) in [6.07, 6.45) is 7.22. The summed E-state index contributed by atoms with van der Waals surface area (Å²) in [5.74, 6) is 0.372. The van der Waals surface area contributed by atoms with E-state index in [0.717, 1.165) is 87.7 Å². The summed E-state index contributed by atoms with van der Waals surface area (Å²) < 4.78 is 16.7. The van der Waals surface area contributed by atoms with Crippen molar-refractivity contribution >= 4 is 23.6 Å². The zero-order chi connectivity index (χ0) is 40.2. The Hall–Kier alpha value is -4.49. The van der Waals surface area contributed by atoms with Gasteiger partial charge in [-0.2, -0.15) is 0 Å². The van der Waals surface area contributed by atoms with E-state index in [-0.39, 0.29) is 23.7 Å². The molecular formula is C45H63N5O7. The smallest absolute Gasteiger partial charge is 0.411 e. The van der Waals surface area contributed by atoms with Gasteiger partial charge in [0.05, 0.1) is 18.9 Å². The number of phenols is 1. The number of methoxy groups -OCH3 is 2. The van der Waals surface area contributed by atoms with Gasteiger partial charge in [0.25, 0.3) is 0 Å². The molecular weight excluding hydrogens is 723 g/mol. The average Bonchev–Trinajstić information content (AvgIpc) is 3.60. The molecule has 57 heavy (non-hydrogen) atoms. The van der Waals surface area contributed by atoms with Gasteiger partial charge in [0, 0.05) is 84.0 Å². The number of aromatic hydroxyl groups is 1. The van der Waals surface area contributed by atoms with E-state index >= 15 is 0 Å². The summed E-state index contributed by atoms with van der Waals surface area (Å²) in [7, 11) is 3.48. The van der Waals surface area contributed by atoms with Gasteiger partial charge in [-0.25, -0.2) is 4.79 Å². The first-order valence-electron chi connectivity index (χ1n) is 20.7. The number of anilines is 1. The number of ether oxygens (including phenoxy) is 3. The van der Waals surface area contributed by atoms with Crippen LogP contribution >= 0.6 is 0 Å². The van der Waals surface area contributed by atoms with Crippen molar-refractivity contribution in [1.29, 1.82) is 0 Å². The van der Waals surface area contributed by atoms with Gasteiger partial charge in [-0.1, -0.05) is 60.7 Å². The third-order valence-corrected chi connectivity index (χ3v) is 11.1. The Morgan fingerprint density at radius 2 is 1.46 bits per heavy atom. The molecule has 0 saturated carbocycles. The lowest BCUT2D eigenvalue weighted by Gasteiger charge is -2.31. The van der Waals surface area contributed by atoms with E-state index in [9.17, 15) is 19.5 Å². The van der Waals surface area contributed by atoms with Crippen molar-refractivity contribution in [3.63, 3.8) is 0 Å². The predicted molar refractivity (Wildman–Crippen MR) is 223 cm³/mol. The summed E-state index contributed by atoms with van der Waals surface area (Å²) in [6.45, 7) is 6.15. The fourth-order valence-corrected chi connectivity index (χ4v) is 7.99. The lowest BCUT2D eigenvalue weighted by atomic mass is 10.0. The number of carbonyl (C=O) groups excluding carboxylic acids is 3. The van der Waals surface area contributed by atoms with Crippen LogP contribution in [0.25, 0.3) is 11.1 Å². The SMILES string of the molecule is COC[C@H]1CC[C@H](COC)N1CCCC(=O)N(CCCCCNC(=O)CCN1CCC(OC(=O)Nc2ccccc2-c2ccccc2)CC1)Cc1ccc(O)cc1. The largest absolute Gasteiger partial charge is 0.508 e. The van der Waals surface area contributed by atoms with Gasteiger partial charge in [0.15, 0.2) is 0 Å². The Morgan fingerprint density at radius 3 is 2.16 bits per heavy atom. The van der Waals surface area contributed by atoms with E-state index in [1.54, 1.807) is 26.4 Å². The van der Waals surface area contributed by atoms with Crippen LogP contribution in [0.1, 0.15) is 69.8 Å². The zero-order valence-corrected chi connectivity index (χ0v) is 33.9. The normalized spacial score (nSPS) is 17.6. The molecule has 3 aromatic carbocycles. The summed E-state index contributed by atoms with van der Waals surface area (Å²) in [5.41, 5.74) is 3.67. The monoisotopic (exact) mass is 785 g/mol. The number of nitrogens with zero attached hydrogens (tertiary/aromatic N) is 3. The molecule has 2 atom stereocenters. The van der Waals surface area contributed by atoms with Gasteiger partial charge in [0.2, 0.25) is 11.8 Å². The Bertz CT molecular complexity index is 1640. The van der Waals surface area contributed by atoms with Crippen LogP contribution in [0.3, 0.4) is 0 Å². The minimum absolute atomic E-state index is 0.0347. The van der Waals surface area contributed by atoms with Crippen LogP contribution in [0.15, 0.2) is 78.9 Å². The van der Waals surface area contributed by atoms with Gasteiger partial charge >= 0.3 is 6.09 Å². The Balaban J connectivity index is 0.957. The highest BCUT2D eigenvalue weighted by atomic mass is 16.6. The van der Waals surface area contributed by atoms with Crippen molar-refractivity contribution in [3.05, 3.63) is 84.4 Å². The van der Waals surface area contributed by atoms with Crippen LogP contribution in [-0.2, 0) is 30.3 Å². The fourth-order valence-electron chi connectivity index (χ4n) is 7.99. The number of carbonyl (C=O) groups is 3. The molecule has 0 aliphatic carbocycles. The first-order chi connectivity index (χ1) is 27.8. The summed E-state index contributed by atoms with van der Waals surface area (Å²) >= 11 is 0. The second-order valence-electron chi connectivity index (χ2n) is 15.3. The van der Waals surface area contributed by atoms with E-state index in [2.05, 4.69) is 20.4 Å². The molecule has 0 radical (unpaired) electrons. The van der Waals surface area contributed by atoms with E-state index < -0.39 is 6.09 Å². The molecule has 2 heterocycles. The minimum Gasteiger partial charge on any atom is -0.508 e. The van der Waals surface area contributed by atoms with Crippen LogP contribution in [-0.4, -0.2) is 123 Å². The molecule has 12 nitrogen and oxygen atoms in total. The van der Waals surface area contributed by atoms with Crippen molar-refractivity contribution < 1.29 is 33.7 Å². The van der Waals surface area contributed by atoms with Gasteiger partial charge < -0.3 is 34.4 Å². The van der Waals surface area contributed by atoms with Crippen molar-refractivity contribution in [1.82, 2.24) is 20.0 Å². The number of likely N-dealkylation sites (tertiary alicyclic amines) is 2. The van der Waals surface area contributed by atoms with E-state index in [0.29, 0.717) is 70.0 Å². The van der Waals surface area contributed by atoms with E-state index in [1.165, 1.54) is 0 Å². The van der Waals surface area contributed by atoms with Crippen molar-refractivity contribution in [2.75, 3.05) is 72.0 Å². The number of piperidine rings is 1. The standard InChI is InChI=1S/C45H63N5O7/c1-55-33-37-19-20-38(34-56-2)50(37)28-11-16-44(53)49(32-35-17-21-39(51)22-18-35)27-10-4-9-26-46-43(52)25-31-48-29-23-40(24-30-48)57-45(54)47-42-15-8-7-14-41(42)36-12-5-3-6-13-36/h3,5-8,12-15,17-18,21-22,37-38,40,51H,4,9-11,16,19-20,23-34H2,1-2H3,(H,46,52)(H,47,54)/t37-,38-/m1/s1. The predicted octanol–water partition coefficient (Wildman–Crippen LogP) is 6.68. The fraction of sp³-hybridized carbons (Fsp3) is 0.533. The quantitative estimate of drug-likeness (QED) is 0.0955. The lowest BCUT2D eigenvalue weighted by Crippen LogP contribution is -2.41. The van der Waals surface area contributed by atoms with Gasteiger partial charge in [0.1, 0.15) is 11.9 Å². The number of unbranched alkanes of at least 4 members (excludes halogenated alkanes) is 2. The lowest BCUT2D eigenvalue weighted by molar-refractivity contribution is -0.132. The van der Waals surface area contributed by atoms with Crippen LogP contribution < -0.4 is 10.6 Å². The average molecular weight is 786 g/mol. The van der Waals surface area contributed by atoms with Crippen LogP contribution in [0, 0.1) is 0 Å². The number of hydrogen-bond donors (Lipinski definition) is 3. The van der Waals surface area contributed by atoms with E-state index in [1.807, 2.05) is 71.6 Å². The molecule has 2 aliphatic rings. The summed E-state index contributed by atoms with van der Waals surface area (Å²) in [5, 5.41) is 15.7. The number of rotatable bonds is 22. The maximum atomic E-state index is 13.5. The van der Waals surface area contributed by atoms with Crippen molar-refractivity contribution in [3.8, 4) is 16.9 Å². The molecule has 2 aliphatic heterocycles. The molecule has 0 spiro atoms. The first-order valence-corrected chi connectivity index (χ1v) is 20.7. The van der Waals surface area contributed by atoms with Crippen LogP contribution in [0.4, 0.5) is 10.5 Å². The molecule has 12 heteroatoms. The molecule has 310 valence electrons. The maximum Gasteiger partial charge on any atom is 0.411 e. The third-order valence-electron chi connectivity index (χ3n) is 11.1. The second-order valence-corrected chi connectivity index (χ2v) is 15.3. The summed E-state index contributed by atoms with van der Waals surface area (Å²) in [6, 6.07) is 25.4. The topological polar surface area (TPSA) is 133 Å². The molecule has 2 saturated heterocycles. The highest BCUT2D eigenvalue weighted by Crippen LogP contribution is 2.28. The number of para-hydroxylation sites is 1. The second kappa shape index (κ2) is 23.7. The Labute approximate surface area is 338 Å².